The molecule has 0 saturated heterocycles. The normalized spacial score (nSPS) is 19.8. The molecule has 0 aliphatic heterocycles. The predicted molar refractivity (Wildman–Crippen MR) is 110 cm³/mol. The lowest BCUT2D eigenvalue weighted by molar-refractivity contribution is 0.298. The molecule has 0 radical (unpaired) electrons. The van der Waals surface area contributed by atoms with E-state index in [1.807, 2.05) is 0 Å². The van der Waals surface area contributed by atoms with Gasteiger partial charge in [0.2, 0.25) is 0 Å². The van der Waals surface area contributed by atoms with Crippen LogP contribution in [0.25, 0.3) is 0 Å². The SMILES string of the molecule is CCOc1cc(P)c(C2CCCCC2)c(OCC)c1C1CCCCC1. The van der Waals surface area contributed by atoms with Gasteiger partial charge in [-0.15, -0.1) is 9.24 Å². The Labute approximate surface area is 156 Å². The molecule has 1 aromatic rings. The largest absolute Gasteiger partial charge is 0.493 e. The molecule has 0 bridgehead atoms. The van der Waals surface area contributed by atoms with Gasteiger partial charge in [0, 0.05) is 11.1 Å². The molecule has 2 aliphatic rings. The topological polar surface area (TPSA) is 18.5 Å². The first-order chi connectivity index (χ1) is 12.3. The molecule has 0 heterocycles. The van der Waals surface area contributed by atoms with E-state index >= 15 is 0 Å². The van der Waals surface area contributed by atoms with Gasteiger partial charge in [0.05, 0.1) is 13.2 Å². The van der Waals surface area contributed by atoms with Crippen LogP contribution in [-0.4, -0.2) is 13.2 Å². The fourth-order valence-corrected chi connectivity index (χ4v) is 5.37. The van der Waals surface area contributed by atoms with Gasteiger partial charge in [-0.1, -0.05) is 38.5 Å². The van der Waals surface area contributed by atoms with Crippen LogP contribution < -0.4 is 14.8 Å². The van der Waals surface area contributed by atoms with E-state index < -0.39 is 0 Å². The van der Waals surface area contributed by atoms with Crippen LogP contribution in [-0.2, 0) is 0 Å². The summed E-state index contributed by atoms with van der Waals surface area (Å²) in [4.78, 5) is 0. The van der Waals surface area contributed by atoms with Gasteiger partial charge < -0.3 is 9.47 Å². The highest BCUT2D eigenvalue weighted by atomic mass is 31.0. The average molecular weight is 362 g/mol. The molecular weight excluding hydrogens is 327 g/mol. The van der Waals surface area contributed by atoms with Gasteiger partial charge in [-0.2, -0.15) is 0 Å². The quantitative estimate of drug-likeness (QED) is 0.571. The second-order valence-electron chi connectivity index (χ2n) is 7.66. The Morgan fingerprint density at radius 2 is 1.32 bits per heavy atom. The van der Waals surface area contributed by atoms with Crippen LogP contribution in [0.3, 0.4) is 0 Å². The molecule has 2 aliphatic carbocycles. The lowest BCUT2D eigenvalue weighted by atomic mass is 9.78. The summed E-state index contributed by atoms with van der Waals surface area (Å²) in [6.45, 7) is 5.66. The minimum atomic E-state index is 0.602. The molecule has 3 heteroatoms. The van der Waals surface area contributed by atoms with Gasteiger partial charge in [0.15, 0.2) is 0 Å². The van der Waals surface area contributed by atoms with E-state index in [1.165, 1.54) is 86.4 Å². The zero-order valence-electron chi connectivity index (χ0n) is 16.1. The van der Waals surface area contributed by atoms with Crippen molar-refractivity contribution in [3.05, 3.63) is 17.2 Å². The summed E-state index contributed by atoms with van der Waals surface area (Å²) in [5, 5.41) is 1.29. The predicted octanol–water partition coefficient (Wildman–Crippen LogP) is 6.08. The first kappa shape index (κ1) is 19.0. The minimum Gasteiger partial charge on any atom is -0.493 e. The Morgan fingerprint density at radius 3 is 1.84 bits per heavy atom. The summed E-state index contributed by atoms with van der Waals surface area (Å²) in [6, 6.07) is 2.28. The molecule has 3 rings (SSSR count). The summed E-state index contributed by atoms with van der Waals surface area (Å²) in [7, 11) is 2.98. The van der Waals surface area contributed by atoms with Crippen molar-refractivity contribution in [3.63, 3.8) is 0 Å². The van der Waals surface area contributed by atoms with Crippen molar-refractivity contribution in [1.29, 1.82) is 0 Å². The maximum Gasteiger partial charge on any atom is 0.130 e. The highest BCUT2D eigenvalue weighted by molar-refractivity contribution is 7.27. The molecule has 25 heavy (non-hydrogen) atoms. The molecular formula is C22H35O2P. The smallest absolute Gasteiger partial charge is 0.130 e. The van der Waals surface area contributed by atoms with E-state index in [4.69, 9.17) is 9.47 Å². The average Bonchev–Trinajstić information content (AvgIpc) is 2.64. The molecule has 2 saturated carbocycles. The number of hydrogen-bond acceptors (Lipinski definition) is 2. The van der Waals surface area contributed by atoms with Gasteiger partial charge in [0.1, 0.15) is 11.5 Å². The Balaban J connectivity index is 2.09. The monoisotopic (exact) mass is 362 g/mol. The van der Waals surface area contributed by atoms with Crippen LogP contribution in [0.1, 0.15) is 101 Å². The zero-order valence-corrected chi connectivity index (χ0v) is 17.3. The summed E-state index contributed by atoms with van der Waals surface area (Å²) in [6.07, 6.45) is 13.3. The molecule has 1 aromatic carbocycles. The summed E-state index contributed by atoms with van der Waals surface area (Å²) in [5.74, 6) is 3.50. The van der Waals surface area contributed by atoms with Crippen molar-refractivity contribution in [1.82, 2.24) is 0 Å². The minimum absolute atomic E-state index is 0.602. The summed E-state index contributed by atoms with van der Waals surface area (Å²) in [5.41, 5.74) is 2.85. The molecule has 1 atom stereocenters. The first-order valence-electron chi connectivity index (χ1n) is 10.5. The van der Waals surface area contributed by atoms with Gasteiger partial charge in [-0.3, -0.25) is 0 Å². The lowest BCUT2D eigenvalue weighted by Crippen LogP contribution is -2.19. The van der Waals surface area contributed by atoms with Crippen molar-refractivity contribution in [3.8, 4) is 11.5 Å². The lowest BCUT2D eigenvalue weighted by Gasteiger charge is -2.32. The fraction of sp³-hybridized carbons (Fsp3) is 0.727. The molecule has 0 N–H and O–H groups in total. The van der Waals surface area contributed by atoms with Crippen LogP contribution in [0.5, 0.6) is 11.5 Å². The van der Waals surface area contributed by atoms with Crippen molar-refractivity contribution in [2.45, 2.75) is 89.9 Å². The first-order valence-corrected chi connectivity index (χ1v) is 11.1. The van der Waals surface area contributed by atoms with Crippen LogP contribution >= 0.6 is 9.24 Å². The van der Waals surface area contributed by atoms with Gasteiger partial charge in [0.25, 0.3) is 0 Å². The van der Waals surface area contributed by atoms with E-state index in [-0.39, 0.29) is 0 Å². The summed E-state index contributed by atoms with van der Waals surface area (Å²) < 4.78 is 12.5. The Hall–Kier alpha value is -0.750. The fourth-order valence-electron chi connectivity index (χ4n) is 4.85. The van der Waals surface area contributed by atoms with E-state index in [0.29, 0.717) is 11.8 Å². The Bertz CT molecular complexity index is 558. The van der Waals surface area contributed by atoms with Gasteiger partial charge in [-0.25, -0.2) is 0 Å². The number of rotatable bonds is 6. The molecule has 140 valence electrons. The highest BCUT2D eigenvalue weighted by Crippen LogP contribution is 2.48. The van der Waals surface area contributed by atoms with Crippen LogP contribution in [0.15, 0.2) is 6.07 Å². The third kappa shape index (κ3) is 4.33. The molecule has 2 nitrogen and oxygen atoms in total. The maximum absolute atomic E-state index is 6.35. The molecule has 0 spiro atoms. The highest BCUT2D eigenvalue weighted by Gasteiger charge is 2.30. The molecule has 0 amide bonds. The van der Waals surface area contributed by atoms with Crippen molar-refractivity contribution >= 4 is 14.5 Å². The van der Waals surface area contributed by atoms with E-state index in [2.05, 4.69) is 29.2 Å². The van der Waals surface area contributed by atoms with E-state index in [0.717, 1.165) is 19.0 Å². The van der Waals surface area contributed by atoms with Crippen molar-refractivity contribution in [2.24, 2.45) is 0 Å². The van der Waals surface area contributed by atoms with Crippen LogP contribution in [0.4, 0.5) is 0 Å². The van der Waals surface area contributed by atoms with Gasteiger partial charge >= 0.3 is 0 Å². The third-order valence-corrected chi connectivity index (χ3v) is 6.45. The second kappa shape index (κ2) is 9.26. The molecule has 2 fully saturated rings. The molecule has 1 unspecified atom stereocenters. The third-order valence-electron chi connectivity index (χ3n) is 5.97. The number of benzene rings is 1. The number of ether oxygens (including phenoxy) is 2. The maximum atomic E-state index is 6.35. The zero-order chi connectivity index (χ0) is 17.6. The second-order valence-corrected chi connectivity index (χ2v) is 8.28. The standard InChI is InChI=1S/C22H35O2P/c1-3-23-18-15-19(25)21(17-13-9-6-10-14-17)22(24-4-2)20(18)16-11-7-5-8-12-16/h15-17H,3-14,25H2,1-2H3. The molecule has 0 aromatic heterocycles. The van der Waals surface area contributed by atoms with Crippen molar-refractivity contribution < 1.29 is 9.47 Å². The van der Waals surface area contributed by atoms with Gasteiger partial charge in [-0.05, 0) is 62.7 Å². The Morgan fingerprint density at radius 1 is 0.800 bits per heavy atom. The van der Waals surface area contributed by atoms with E-state index in [9.17, 15) is 0 Å². The Kier molecular flexibility index (Phi) is 7.05. The number of hydrogen-bond donors (Lipinski definition) is 0. The summed E-state index contributed by atoms with van der Waals surface area (Å²) >= 11 is 0. The van der Waals surface area contributed by atoms with Crippen LogP contribution in [0.2, 0.25) is 0 Å². The van der Waals surface area contributed by atoms with Crippen LogP contribution in [0, 0.1) is 0 Å². The van der Waals surface area contributed by atoms with E-state index in [1.54, 1.807) is 0 Å². The van der Waals surface area contributed by atoms with Crippen molar-refractivity contribution in [2.75, 3.05) is 13.2 Å².